The molecule has 0 aromatic carbocycles. The van der Waals surface area contributed by atoms with Crippen LogP contribution in [-0.4, -0.2) is 31.3 Å². The zero-order valence-corrected chi connectivity index (χ0v) is 9.37. The maximum atomic E-state index is 5.81. The smallest absolute Gasteiger partial charge is 0.130 e. The van der Waals surface area contributed by atoms with Gasteiger partial charge < -0.3 is 15.4 Å². The Labute approximate surface area is 94.0 Å². The Bertz CT molecular complexity index is 359. The van der Waals surface area contributed by atoms with Crippen LogP contribution in [0.15, 0.2) is 12.3 Å². The van der Waals surface area contributed by atoms with Gasteiger partial charge in [0.2, 0.25) is 0 Å². The average Bonchev–Trinajstić information content (AvgIpc) is 2.70. The van der Waals surface area contributed by atoms with Crippen LogP contribution in [0, 0.1) is 0 Å². The normalized spacial score (nSPS) is 20.9. The summed E-state index contributed by atoms with van der Waals surface area (Å²) in [6.45, 7) is 1.82. The number of nitrogens with zero attached hydrogens (tertiary/aromatic N) is 2. The Hall–Kier alpha value is -1.00. The van der Waals surface area contributed by atoms with Crippen molar-refractivity contribution >= 4 is 23.1 Å². The van der Waals surface area contributed by atoms with Crippen molar-refractivity contribution in [1.29, 1.82) is 0 Å². The fraction of sp³-hybridized carbons (Fsp3) is 0.500. The van der Waals surface area contributed by atoms with Gasteiger partial charge in [0.1, 0.15) is 5.82 Å². The fourth-order valence-electron chi connectivity index (χ4n) is 1.74. The van der Waals surface area contributed by atoms with E-state index >= 15 is 0 Å². The first-order valence-electron chi connectivity index (χ1n) is 4.89. The van der Waals surface area contributed by atoms with Crippen molar-refractivity contribution < 1.29 is 4.74 Å². The van der Waals surface area contributed by atoms with Gasteiger partial charge in [-0.05, 0) is 6.42 Å². The van der Waals surface area contributed by atoms with Gasteiger partial charge in [0.15, 0.2) is 0 Å². The monoisotopic (exact) mass is 227 g/mol. The van der Waals surface area contributed by atoms with Crippen LogP contribution >= 0.6 is 11.6 Å². The minimum absolute atomic E-state index is 0.295. The number of hydrogen-bond donors (Lipinski definition) is 1. The molecule has 0 saturated carbocycles. The largest absolute Gasteiger partial charge is 0.397 e. The van der Waals surface area contributed by atoms with Crippen molar-refractivity contribution in [2.45, 2.75) is 12.5 Å². The van der Waals surface area contributed by atoms with Gasteiger partial charge in [0.25, 0.3) is 0 Å². The highest BCUT2D eigenvalue weighted by Gasteiger charge is 2.23. The van der Waals surface area contributed by atoms with E-state index < -0.39 is 0 Å². The number of nitrogens with two attached hydrogens (primary N) is 1. The summed E-state index contributed by atoms with van der Waals surface area (Å²) in [6.07, 6.45) is 2.91. The predicted octanol–water partition coefficient (Wildman–Crippen LogP) is 1.54. The Morgan fingerprint density at radius 2 is 2.47 bits per heavy atom. The molecule has 0 amide bonds. The molecule has 0 spiro atoms. The van der Waals surface area contributed by atoms with E-state index in [4.69, 9.17) is 22.1 Å². The van der Waals surface area contributed by atoms with Gasteiger partial charge in [0, 0.05) is 32.5 Å². The van der Waals surface area contributed by atoms with Gasteiger partial charge in [-0.25, -0.2) is 4.98 Å². The van der Waals surface area contributed by atoms with Crippen molar-refractivity contribution in [3.05, 3.63) is 17.3 Å². The number of rotatable bonds is 2. The average molecular weight is 228 g/mol. The van der Waals surface area contributed by atoms with Crippen molar-refractivity contribution in [2.75, 3.05) is 30.8 Å². The van der Waals surface area contributed by atoms with Gasteiger partial charge in [0.05, 0.1) is 16.8 Å². The van der Waals surface area contributed by atoms with E-state index in [0.717, 1.165) is 25.3 Å². The molecule has 0 radical (unpaired) electrons. The molecule has 0 unspecified atom stereocenters. The van der Waals surface area contributed by atoms with E-state index in [1.54, 1.807) is 19.4 Å². The van der Waals surface area contributed by atoms with Crippen LogP contribution in [0.3, 0.4) is 0 Å². The summed E-state index contributed by atoms with van der Waals surface area (Å²) in [5.74, 6) is 0.872. The van der Waals surface area contributed by atoms with E-state index in [9.17, 15) is 0 Å². The summed E-state index contributed by atoms with van der Waals surface area (Å²) in [5.41, 5.74) is 6.30. The summed E-state index contributed by atoms with van der Waals surface area (Å²) in [4.78, 5) is 6.40. The molecule has 1 fully saturated rings. The molecule has 82 valence electrons. The molecule has 4 nitrogen and oxygen atoms in total. The van der Waals surface area contributed by atoms with E-state index in [0.29, 0.717) is 16.8 Å². The SMILES string of the molecule is CO[C@@H]1CCN(c2cc(N)c(Cl)cn2)C1. The van der Waals surface area contributed by atoms with Crippen molar-refractivity contribution in [1.82, 2.24) is 4.98 Å². The zero-order chi connectivity index (χ0) is 10.8. The second-order valence-electron chi connectivity index (χ2n) is 3.66. The van der Waals surface area contributed by atoms with Crippen LogP contribution in [0.2, 0.25) is 5.02 Å². The molecule has 0 bridgehead atoms. The molecule has 1 atom stereocenters. The van der Waals surface area contributed by atoms with Crippen LogP contribution in [0.25, 0.3) is 0 Å². The molecule has 0 aliphatic carbocycles. The summed E-state index contributed by atoms with van der Waals surface area (Å²) >= 11 is 5.81. The maximum Gasteiger partial charge on any atom is 0.130 e. The predicted molar refractivity (Wildman–Crippen MR) is 61.3 cm³/mol. The van der Waals surface area contributed by atoms with E-state index in [2.05, 4.69) is 9.88 Å². The van der Waals surface area contributed by atoms with E-state index in [-0.39, 0.29) is 0 Å². The molecule has 2 N–H and O–H groups in total. The first kappa shape index (κ1) is 10.5. The molecule has 2 heterocycles. The quantitative estimate of drug-likeness (QED) is 0.833. The molecule has 1 saturated heterocycles. The Kier molecular flexibility index (Phi) is 2.98. The van der Waals surface area contributed by atoms with Gasteiger partial charge >= 0.3 is 0 Å². The maximum absolute atomic E-state index is 5.81. The minimum Gasteiger partial charge on any atom is -0.397 e. The number of aromatic nitrogens is 1. The highest BCUT2D eigenvalue weighted by molar-refractivity contribution is 6.32. The third-order valence-electron chi connectivity index (χ3n) is 2.67. The van der Waals surface area contributed by atoms with E-state index in [1.807, 2.05) is 0 Å². The topological polar surface area (TPSA) is 51.4 Å². The van der Waals surface area contributed by atoms with E-state index in [1.165, 1.54) is 0 Å². The van der Waals surface area contributed by atoms with Gasteiger partial charge in [-0.3, -0.25) is 0 Å². The molecule has 1 aromatic rings. The standard InChI is InChI=1S/C10H14ClN3O/c1-15-7-2-3-14(6-7)10-4-9(12)8(11)5-13-10/h4-5,7H,2-3,6H2,1H3,(H2,12,13)/t7-/m1/s1. The third-order valence-corrected chi connectivity index (χ3v) is 2.99. The first-order valence-corrected chi connectivity index (χ1v) is 5.27. The molecule has 15 heavy (non-hydrogen) atoms. The lowest BCUT2D eigenvalue weighted by molar-refractivity contribution is 0.121. The van der Waals surface area contributed by atoms with Gasteiger partial charge in [-0.1, -0.05) is 11.6 Å². The van der Waals surface area contributed by atoms with Crippen LogP contribution in [0.1, 0.15) is 6.42 Å². The van der Waals surface area contributed by atoms with Crippen molar-refractivity contribution in [3.8, 4) is 0 Å². The summed E-state index contributed by atoms with van der Waals surface area (Å²) in [6, 6.07) is 1.81. The zero-order valence-electron chi connectivity index (χ0n) is 8.61. The molecular formula is C10H14ClN3O. The Morgan fingerprint density at radius 3 is 3.07 bits per heavy atom. The molecule has 5 heteroatoms. The Morgan fingerprint density at radius 1 is 1.67 bits per heavy atom. The molecule has 1 aliphatic rings. The molecular weight excluding hydrogens is 214 g/mol. The Balaban J connectivity index is 2.13. The lowest BCUT2D eigenvalue weighted by atomic mass is 10.3. The second-order valence-corrected chi connectivity index (χ2v) is 4.06. The number of hydrogen-bond acceptors (Lipinski definition) is 4. The number of halogens is 1. The van der Waals surface area contributed by atoms with Crippen LogP contribution in [0.5, 0.6) is 0 Å². The third kappa shape index (κ3) is 2.16. The molecule has 1 aromatic heterocycles. The summed E-state index contributed by atoms with van der Waals surface area (Å²) in [7, 11) is 1.73. The first-order chi connectivity index (χ1) is 7.20. The number of pyridine rings is 1. The summed E-state index contributed by atoms with van der Waals surface area (Å²) in [5, 5.41) is 0.501. The number of nitrogen functional groups attached to an aromatic ring is 1. The lowest BCUT2D eigenvalue weighted by Crippen LogP contribution is -2.23. The number of methoxy groups -OCH3 is 1. The van der Waals surface area contributed by atoms with Crippen molar-refractivity contribution in [3.63, 3.8) is 0 Å². The minimum atomic E-state index is 0.295. The van der Waals surface area contributed by atoms with Crippen molar-refractivity contribution in [2.24, 2.45) is 0 Å². The molecule has 1 aliphatic heterocycles. The second kappa shape index (κ2) is 4.24. The molecule has 2 rings (SSSR count). The number of anilines is 2. The fourth-order valence-corrected chi connectivity index (χ4v) is 1.85. The highest BCUT2D eigenvalue weighted by Crippen LogP contribution is 2.25. The van der Waals surface area contributed by atoms with Crippen LogP contribution in [0.4, 0.5) is 11.5 Å². The van der Waals surface area contributed by atoms with Gasteiger partial charge in [-0.15, -0.1) is 0 Å². The highest BCUT2D eigenvalue weighted by atomic mass is 35.5. The number of ether oxygens (including phenoxy) is 1. The van der Waals surface area contributed by atoms with Gasteiger partial charge in [-0.2, -0.15) is 0 Å². The van der Waals surface area contributed by atoms with Crippen LogP contribution in [-0.2, 0) is 4.74 Å². The lowest BCUT2D eigenvalue weighted by Gasteiger charge is -2.17. The van der Waals surface area contributed by atoms with Crippen LogP contribution < -0.4 is 10.6 Å². The summed E-state index contributed by atoms with van der Waals surface area (Å²) < 4.78 is 5.29.